The number of aryl methyl sites for hydroxylation is 3. The molecule has 0 aliphatic rings. The Kier molecular flexibility index (Phi) is 7.42. The molecule has 0 radical (unpaired) electrons. The summed E-state index contributed by atoms with van der Waals surface area (Å²) in [5, 5.41) is 7.46. The number of nitrogens with two attached hydrogens (primary N) is 2. The largest absolute Gasteiger partial charge is 0.455 e. The smallest absolute Gasteiger partial charge is 0.155 e. The highest BCUT2D eigenvalue weighted by Crippen LogP contribution is 2.33. The Labute approximate surface area is 209 Å². The molecule has 178 valence electrons. The third-order valence-electron chi connectivity index (χ3n) is 5.43. The molecule has 0 atom stereocenters. The minimum absolute atomic E-state index is 0.372. The minimum Gasteiger partial charge on any atom is -0.455 e. The molecule has 0 spiro atoms. The van der Waals surface area contributed by atoms with Crippen molar-refractivity contribution in [1.82, 2.24) is 15.0 Å². The lowest BCUT2D eigenvalue weighted by atomic mass is 10.1. The fraction of sp³-hybridized carbons (Fsp3) is 0.154. The maximum atomic E-state index is 6.34. The highest BCUT2D eigenvalue weighted by Gasteiger charge is 2.14. The number of benzene rings is 1. The van der Waals surface area contributed by atoms with Crippen molar-refractivity contribution in [3.8, 4) is 22.9 Å². The van der Waals surface area contributed by atoms with Crippen LogP contribution in [0.2, 0.25) is 5.02 Å². The molecule has 8 nitrogen and oxygen atoms in total. The summed E-state index contributed by atoms with van der Waals surface area (Å²) in [7, 11) is 0. The van der Waals surface area contributed by atoms with Gasteiger partial charge in [0.1, 0.15) is 23.1 Å². The lowest BCUT2D eigenvalue weighted by Crippen LogP contribution is -2.14. The zero-order valence-corrected chi connectivity index (χ0v) is 20.3. The van der Waals surface area contributed by atoms with Crippen LogP contribution in [-0.4, -0.2) is 20.8 Å². The molecule has 0 aliphatic carbocycles. The van der Waals surface area contributed by atoms with Gasteiger partial charge in [0.2, 0.25) is 0 Å². The van der Waals surface area contributed by atoms with Gasteiger partial charge in [0, 0.05) is 41.3 Å². The number of aromatic nitrogens is 3. The van der Waals surface area contributed by atoms with E-state index in [-0.39, 0.29) is 0 Å². The van der Waals surface area contributed by atoms with Gasteiger partial charge in [0.05, 0.1) is 5.69 Å². The van der Waals surface area contributed by atoms with Gasteiger partial charge in [-0.25, -0.2) is 9.97 Å². The van der Waals surface area contributed by atoms with Crippen molar-refractivity contribution >= 4 is 28.9 Å². The number of ether oxygens (including phenoxy) is 1. The van der Waals surface area contributed by atoms with Gasteiger partial charge in [0.15, 0.2) is 5.75 Å². The quantitative estimate of drug-likeness (QED) is 0.129. The summed E-state index contributed by atoms with van der Waals surface area (Å²) < 4.78 is 6.26. The molecule has 0 unspecified atom stereocenters. The molecular formula is C26H26ClN7O. The van der Waals surface area contributed by atoms with E-state index in [1.54, 1.807) is 18.5 Å². The van der Waals surface area contributed by atoms with Crippen LogP contribution in [0.3, 0.4) is 0 Å². The first-order valence-electron chi connectivity index (χ1n) is 11.0. The molecule has 0 amide bonds. The summed E-state index contributed by atoms with van der Waals surface area (Å²) >= 11 is 6.34. The summed E-state index contributed by atoms with van der Waals surface area (Å²) in [6.45, 7) is 3.97. The molecule has 5 N–H and O–H groups in total. The average Bonchev–Trinajstić information content (AvgIpc) is 2.87. The Hall–Kier alpha value is -4.17. The fourth-order valence-electron chi connectivity index (χ4n) is 3.43. The summed E-state index contributed by atoms with van der Waals surface area (Å²) in [6.07, 6.45) is 4.56. The summed E-state index contributed by atoms with van der Waals surface area (Å²) in [6, 6.07) is 17.0. The number of anilines is 2. The number of hydrogen-bond acceptors (Lipinski definition) is 7. The number of nitrogens with one attached hydrogen (secondary N) is 1. The van der Waals surface area contributed by atoms with Crippen LogP contribution in [0.1, 0.15) is 23.2 Å². The monoisotopic (exact) mass is 487 g/mol. The lowest BCUT2D eigenvalue weighted by molar-refractivity contribution is 0.481. The molecular weight excluding hydrogens is 462 g/mol. The molecule has 0 fully saturated rings. The number of amidine groups is 1. The van der Waals surface area contributed by atoms with Crippen LogP contribution in [0.4, 0.5) is 11.5 Å². The predicted octanol–water partition coefficient (Wildman–Crippen LogP) is 5.51. The van der Waals surface area contributed by atoms with E-state index in [4.69, 9.17) is 32.9 Å². The second-order valence-electron chi connectivity index (χ2n) is 7.98. The number of halogens is 1. The van der Waals surface area contributed by atoms with Crippen LogP contribution in [0, 0.1) is 13.8 Å². The van der Waals surface area contributed by atoms with Gasteiger partial charge >= 0.3 is 0 Å². The van der Waals surface area contributed by atoms with Gasteiger partial charge in [-0.2, -0.15) is 5.10 Å². The van der Waals surface area contributed by atoms with E-state index in [2.05, 4.69) is 20.4 Å². The van der Waals surface area contributed by atoms with Gasteiger partial charge in [-0.3, -0.25) is 4.98 Å². The second kappa shape index (κ2) is 10.8. The van der Waals surface area contributed by atoms with E-state index >= 15 is 0 Å². The van der Waals surface area contributed by atoms with Crippen molar-refractivity contribution in [2.24, 2.45) is 16.7 Å². The topological polar surface area (TPSA) is 124 Å². The van der Waals surface area contributed by atoms with Crippen molar-refractivity contribution in [1.29, 1.82) is 0 Å². The highest BCUT2D eigenvalue weighted by atomic mass is 35.5. The second-order valence-corrected chi connectivity index (χ2v) is 8.39. The van der Waals surface area contributed by atoms with E-state index in [0.717, 1.165) is 28.2 Å². The Morgan fingerprint density at radius 3 is 2.69 bits per heavy atom. The van der Waals surface area contributed by atoms with Crippen molar-refractivity contribution in [2.45, 2.75) is 26.7 Å². The zero-order valence-electron chi connectivity index (χ0n) is 19.5. The number of rotatable bonds is 8. The highest BCUT2D eigenvalue weighted by molar-refractivity contribution is 6.31. The minimum atomic E-state index is 0.372. The number of hydrazone groups is 1. The molecule has 3 heterocycles. The SMILES string of the molecule is Cc1cc(Oc2ccnc(Nc3ccc(Cl)c(CC/C(N)=N/N)c3)c2)c(-c2ccccn2)nc1C. The molecule has 35 heavy (non-hydrogen) atoms. The first kappa shape index (κ1) is 24.0. The van der Waals surface area contributed by atoms with Gasteiger partial charge in [-0.15, -0.1) is 0 Å². The standard InChI is InChI=1S/C26H26ClN7O/c1-16-13-23(26(32-17(16)2)22-5-3-4-11-30-22)35-20-10-12-31-25(15-20)33-19-7-8-21(27)18(14-19)6-9-24(28)34-29/h3-5,7-8,10-15H,6,9,29H2,1-2H3,(H2,28,34)(H,31,33). The predicted molar refractivity (Wildman–Crippen MR) is 140 cm³/mol. The molecule has 0 saturated heterocycles. The molecule has 0 saturated carbocycles. The molecule has 0 bridgehead atoms. The molecule has 4 rings (SSSR count). The number of nitrogens with zero attached hydrogens (tertiary/aromatic N) is 4. The Bertz CT molecular complexity index is 1360. The van der Waals surface area contributed by atoms with Gasteiger partial charge in [-0.05, 0) is 73.9 Å². The molecule has 0 aliphatic heterocycles. The maximum absolute atomic E-state index is 6.34. The zero-order chi connectivity index (χ0) is 24.8. The summed E-state index contributed by atoms with van der Waals surface area (Å²) in [5.41, 5.74) is 10.9. The van der Waals surface area contributed by atoms with Crippen molar-refractivity contribution < 1.29 is 4.74 Å². The van der Waals surface area contributed by atoms with Crippen LogP contribution in [0.5, 0.6) is 11.5 Å². The van der Waals surface area contributed by atoms with E-state index in [1.165, 1.54) is 0 Å². The lowest BCUT2D eigenvalue weighted by Gasteiger charge is -2.14. The summed E-state index contributed by atoms with van der Waals surface area (Å²) in [4.78, 5) is 13.6. The van der Waals surface area contributed by atoms with Crippen LogP contribution in [0.25, 0.3) is 11.4 Å². The summed E-state index contributed by atoms with van der Waals surface area (Å²) in [5.74, 6) is 7.45. The van der Waals surface area contributed by atoms with Gasteiger partial charge in [0.25, 0.3) is 0 Å². The normalized spacial score (nSPS) is 11.3. The van der Waals surface area contributed by atoms with Crippen molar-refractivity contribution in [3.63, 3.8) is 0 Å². The third-order valence-corrected chi connectivity index (χ3v) is 5.80. The Morgan fingerprint density at radius 2 is 1.91 bits per heavy atom. The van der Waals surface area contributed by atoms with Crippen LogP contribution in [-0.2, 0) is 6.42 Å². The molecule has 9 heteroatoms. The van der Waals surface area contributed by atoms with Crippen LogP contribution < -0.4 is 21.6 Å². The Morgan fingerprint density at radius 1 is 1.06 bits per heavy atom. The van der Waals surface area contributed by atoms with E-state index in [9.17, 15) is 0 Å². The molecule has 3 aromatic heterocycles. The van der Waals surface area contributed by atoms with Crippen molar-refractivity contribution in [2.75, 3.05) is 5.32 Å². The average molecular weight is 488 g/mol. The van der Waals surface area contributed by atoms with Crippen LogP contribution in [0.15, 0.2) is 72.1 Å². The Balaban J connectivity index is 1.57. The van der Waals surface area contributed by atoms with Crippen molar-refractivity contribution in [3.05, 3.63) is 88.8 Å². The van der Waals surface area contributed by atoms with E-state index in [0.29, 0.717) is 46.7 Å². The van der Waals surface area contributed by atoms with E-state index < -0.39 is 0 Å². The maximum Gasteiger partial charge on any atom is 0.155 e. The first-order valence-corrected chi connectivity index (χ1v) is 11.4. The third kappa shape index (κ3) is 6.04. The fourth-order valence-corrected chi connectivity index (χ4v) is 3.65. The number of hydrogen-bond donors (Lipinski definition) is 3. The van der Waals surface area contributed by atoms with Crippen LogP contribution >= 0.6 is 11.6 Å². The van der Waals surface area contributed by atoms with E-state index in [1.807, 2.05) is 62.4 Å². The van der Waals surface area contributed by atoms with Gasteiger partial charge in [-0.1, -0.05) is 17.7 Å². The van der Waals surface area contributed by atoms with Gasteiger partial charge < -0.3 is 21.6 Å². The first-order chi connectivity index (χ1) is 16.9. The molecule has 4 aromatic rings. The molecule has 1 aromatic carbocycles. The number of pyridine rings is 3.